The Labute approximate surface area is 73.1 Å². The molecule has 0 heterocycles. The highest BCUT2D eigenvalue weighted by Crippen LogP contribution is 2.16. The molecule has 0 atom stereocenters. The highest BCUT2D eigenvalue weighted by Gasteiger charge is 1.93. The van der Waals surface area contributed by atoms with Crippen LogP contribution < -0.4 is 9.47 Å². The zero-order valence-corrected chi connectivity index (χ0v) is 6.95. The molecule has 0 aromatic heterocycles. The van der Waals surface area contributed by atoms with Gasteiger partial charge in [0.25, 0.3) is 0 Å². The Kier molecular flexibility index (Phi) is 3.45. The first-order valence-corrected chi connectivity index (χ1v) is 3.81. The Morgan fingerprint density at radius 3 is 1.42 bits per heavy atom. The Hall–Kier alpha value is -1.18. The lowest BCUT2D eigenvalue weighted by atomic mass is 10.3. The molecule has 1 aromatic rings. The van der Waals surface area contributed by atoms with Crippen molar-refractivity contribution in [3.8, 4) is 11.5 Å². The van der Waals surface area contributed by atoms with Gasteiger partial charge < -0.3 is 9.47 Å². The van der Waals surface area contributed by atoms with Gasteiger partial charge in [-0.05, 0) is 38.1 Å². The van der Waals surface area contributed by atoms with E-state index in [2.05, 4.69) is 13.8 Å². The van der Waals surface area contributed by atoms with Crippen LogP contribution in [0, 0.1) is 13.8 Å². The molecule has 0 unspecified atom stereocenters. The molecule has 64 valence electrons. The molecule has 0 saturated carbocycles. The lowest BCUT2D eigenvalue weighted by Crippen LogP contribution is -1.93. The standard InChI is InChI=1S/C10H12O2/c1-3-11-9-5-7-10(8-6-9)12-4-2/h5-8H,1-4H2. The fraction of sp³-hybridized carbons (Fsp3) is 0.200. The van der Waals surface area contributed by atoms with Crippen LogP contribution in [-0.4, -0.2) is 13.2 Å². The van der Waals surface area contributed by atoms with Gasteiger partial charge in [-0.15, -0.1) is 0 Å². The molecule has 0 aliphatic rings. The van der Waals surface area contributed by atoms with Crippen LogP contribution in [-0.2, 0) is 0 Å². The smallest absolute Gasteiger partial charge is 0.119 e. The van der Waals surface area contributed by atoms with Crippen molar-refractivity contribution >= 4 is 0 Å². The third-order valence-electron chi connectivity index (χ3n) is 1.36. The van der Waals surface area contributed by atoms with Crippen LogP contribution in [0.4, 0.5) is 0 Å². The number of ether oxygens (including phenoxy) is 2. The largest absolute Gasteiger partial charge is 0.494 e. The molecule has 0 bridgehead atoms. The van der Waals surface area contributed by atoms with Crippen molar-refractivity contribution in [2.75, 3.05) is 13.2 Å². The van der Waals surface area contributed by atoms with E-state index < -0.39 is 0 Å². The van der Waals surface area contributed by atoms with E-state index in [-0.39, 0.29) is 0 Å². The maximum absolute atomic E-state index is 5.16. The second-order valence-electron chi connectivity index (χ2n) is 2.17. The molecule has 0 aliphatic heterocycles. The minimum absolute atomic E-state index is 0.440. The molecule has 0 aliphatic carbocycles. The monoisotopic (exact) mass is 164 g/mol. The molecule has 0 spiro atoms. The van der Waals surface area contributed by atoms with E-state index in [9.17, 15) is 0 Å². The zero-order chi connectivity index (χ0) is 8.81. The first-order chi connectivity index (χ1) is 5.86. The van der Waals surface area contributed by atoms with Gasteiger partial charge in [-0.25, -0.2) is 0 Å². The second kappa shape index (κ2) is 4.65. The Morgan fingerprint density at radius 2 is 1.17 bits per heavy atom. The first-order valence-electron chi connectivity index (χ1n) is 3.81. The number of hydrogen-bond acceptors (Lipinski definition) is 2. The quantitative estimate of drug-likeness (QED) is 0.678. The third-order valence-corrected chi connectivity index (χ3v) is 1.36. The first kappa shape index (κ1) is 8.91. The van der Waals surface area contributed by atoms with Crippen molar-refractivity contribution in [1.82, 2.24) is 0 Å². The summed E-state index contributed by atoms with van der Waals surface area (Å²) in [5.41, 5.74) is 0. The van der Waals surface area contributed by atoms with E-state index in [1.807, 2.05) is 24.3 Å². The van der Waals surface area contributed by atoms with Gasteiger partial charge in [0.1, 0.15) is 11.5 Å². The van der Waals surface area contributed by atoms with E-state index in [0.717, 1.165) is 11.5 Å². The molecule has 2 nitrogen and oxygen atoms in total. The maximum Gasteiger partial charge on any atom is 0.119 e. The lowest BCUT2D eigenvalue weighted by Gasteiger charge is -2.04. The highest BCUT2D eigenvalue weighted by molar-refractivity contribution is 5.31. The topological polar surface area (TPSA) is 18.5 Å². The SMILES string of the molecule is [CH2]COc1ccc(OC[CH2])cc1. The number of benzene rings is 1. The van der Waals surface area contributed by atoms with Crippen molar-refractivity contribution in [3.05, 3.63) is 38.1 Å². The van der Waals surface area contributed by atoms with Crippen LogP contribution in [0.15, 0.2) is 24.3 Å². The number of hydrogen-bond donors (Lipinski definition) is 0. The minimum atomic E-state index is 0.440. The number of rotatable bonds is 4. The molecular formula is C10H12O2. The average molecular weight is 164 g/mol. The van der Waals surface area contributed by atoms with Crippen LogP contribution in [0.2, 0.25) is 0 Å². The summed E-state index contributed by atoms with van der Waals surface area (Å²) in [6.07, 6.45) is 0. The van der Waals surface area contributed by atoms with Crippen LogP contribution in [0.5, 0.6) is 11.5 Å². The predicted molar refractivity (Wildman–Crippen MR) is 48.1 cm³/mol. The highest BCUT2D eigenvalue weighted by atomic mass is 16.5. The average Bonchev–Trinajstić information content (AvgIpc) is 2.09. The van der Waals surface area contributed by atoms with E-state index in [4.69, 9.17) is 9.47 Å². The van der Waals surface area contributed by atoms with Crippen molar-refractivity contribution in [3.63, 3.8) is 0 Å². The molecule has 12 heavy (non-hydrogen) atoms. The lowest BCUT2D eigenvalue weighted by molar-refractivity contribution is 0.351. The molecule has 0 fully saturated rings. The third kappa shape index (κ3) is 2.46. The van der Waals surface area contributed by atoms with Gasteiger partial charge in [0.2, 0.25) is 0 Å². The molecule has 1 aromatic carbocycles. The van der Waals surface area contributed by atoms with Gasteiger partial charge >= 0.3 is 0 Å². The molecular weight excluding hydrogens is 152 g/mol. The molecule has 2 radical (unpaired) electrons. The summed E-state index contributed by atoms with van der Waals surface area (Å²) in [4.78, 5) is 0. The summed E-state index contributed by atoms with van der Waals surface area (Å²) in [5, 5.41) is 0. The fourth-order valence-corrected chi connectivity index (χ4v) is 0.868. The molecule has 0 amide bonds. The second-order valence-corrected chi connectivity index (χ2v) is 2.17. The van der Waals surface area contributed by atoms with Crippen molar-refractivity contribution < 1.29 is 9.47 Å². The Balaban J connectivity index is 2.58. The Morgan fingerprint density at radius 1 is 0.833 bits per heavy atom. The van der Waals surface area contributed by atoms with Gasteiger partial charge in [0.05, 0.1) is 13.2 Å². The molecule has 1 rings (SSSR count). The normalized spacial score (nSPS) is 9.50. The van der Waals surface area contributed by atoms with Gasteiger partial charge in [0, 0.05) is 0 Å². The van der Waals surface area contributed by atoms with E-state index in [1.165, 1.54) is 0 Å². The minimum Gasteiger partial charge on any atom is -0.494 e. The van der Waals surface area contributed by atoms with E-state index in [1.54, 1.807) is 0 Å². The van der Waals surface area contributed by atoms with Crippen LogP contribution in [0.3, 0.4) is 0 Å². The predicted octanol–water partition coefficient (Wildman–Crippen LogP) is 2.11. The molecule has 2 heteroatoms. The zero-order valence-electron chi connectivity index (χ0n) is 6.95. The summed E-state index contributed by atoms with van der Waals surface area (Å²) >= 11 is 0. The fourth-order valence-electron chi connectivity index (χ4n) is 0.868. The van der Waals surface area contributed by atoms with Crippen molar-refractivity contribution in [1.29, 1.82) is 0 Å². The Bertz CT molecular complexity index is 191. The summed E-state index contributed by atoms with van der Waals surface area (Å²) in [5.74, 6) is 1.61. The van der Waals surface area contributed by atoms with E-state index >= 15 is 0 Å². The van der Waals surface area contributed by atoms with Gasteiger partial charge in [-0.2, -0.15) is 0 Å². The van der Waals surface area contributed by atoms with E-state index in [0.29, 0.717) is 13.2 Å². The summed E-state index contributed by atoms with van der Waals surface area (Å²) < 4.78 is 10.3. The van der Waals surface area contributed by atoms with Gasteiger partial charge in [-0.3, -0.25) is 0 Å². The summed E-state index contributed by atoms with van der Waals surface area (Å²) in [6, 6.07) is 7.37. The van der Waals surface area contributed by atoms with Crippen LogP contribution >= 0.6 is 0 Å². The molecule has 0 N–H and O–H groups in total. The van der Waals surface area contributed by atoms with Gasteiger partial charge in [0.15, 0.2) is 0 Å². The van der Waals surface area contributed by atoms with Gasteiger partial charge in [-0.1, -0.05) is 0 Å². The summed E-state index contributed by atoms with van der Waals surface area (Å²) in [7, 11) is 0. The van der Waals surface area contributed by atoms with Crippen LogP contribution in [0.1, 0.15) is 0 Å². The maximum atomic E-state index is 5.16. The van der Waals surface area contributed by atoms with Crippen molar-refractivity contribution in [2.45, 2.75) is 0 Å². The van der Waals surface area contributed by atoms with Crippen LogP contribution in [0.25, 0.3) is 0 Å². The summed E-state index contributed by atoms with van der Waals surface area (Å²) in [6.45, 7) is 8.03. The molecule has 0 saturated heterocycles. The van der Waals surface area contributed by atoms with Crippen molar-refractivity contribution in [2.24, 2.45) is 0 Å².